The Morgan fingerprint density at radius 3 is 3.00 bits per heavy atom. The summed E-state index contributed by atoms with van der Waals surface area (Å²) in [6.45, 7) is 3.89. The zero-order valence-electron chi connectivity index (χ0n) is 13.9. The molecule has 1 saturated carbocycles. The van der Waals surface area contributed by atoms with E-state index in [-0.39, 0.29) is 23.6 Å². The second-order valence-corrected chi connectivity index (χ2v) is 6.63. The van der Waals surface area contributed by atoms with Gasteiger partial charge in [0.2, 0.25) is 5.91 Å². The number of hydrazine groups is 1. The van der Waals surface area contributed by atoms with Crippen LogP contribution in [0.3, 0.4) is 0 Å². The van der Waals surface area contributed by atoms with Crippen molar-refractivity contribution < 1.29 is 9.72 Å². The van der Waals surface area contributed by atoms with Gasteiger partial charge in [0.15, 0.2) is 0 Å². The first kappa shape index (κ1) is 16.9. The fourth-order valence-corrected chi connectivity index (χ4v) is 3.89. The summed E-state index contributed by atoms with van der Waals surface area (Å²) in [5.74, 6) is 0.650. The molecule has 1 aromatic rings. The third-order valence-corrected chi connectivity index (χ3v) is 5.17. The molecule has 3 unspecified atom stereocenters. The standard InChI is InChI=1S/C17H24N4O3/c1-2-20(11-12-5-3-7-14(9-12)21(23)24)17(22)15-8-4-6-13-10-18-19-16(13)15/h3,5,7,9,13,15-16,18-19H,2,4,6,8,10-11H2,1H3. The molecule has 3 rings (SSSR count). The van der Waals surface area contributed by atoms with Crippen LogP contribution in [0, 0.1) is 22.0 Å². The van der Waals surface area contributed by atoms with Crippen molar-refractivity contribution in [2.45, 2.75) is 38.8 Å². The molecule has 0 spiro atoms. The number of nitro groups is 1. The van der Waals surface area contributed by atoms with E-state index in [1.54, 1.807) is 12.1 Å². The lowest BCUT2D eigenvalue weighted by atomic mass is 9.77. The average molecular weight is 332 g/mol. The molecule has 1 aliphatic heterocycles. The van der Waals surface area contributed by atoms with E-state index in [9.17, 15) is 14.9 Å². The molecule has 24 heavy (non-hydrogen) atoms. The number of amides is 1. The molecule has 2 N–H and O–H groups in total. The molecule has 3 atom stereocenters. The van der Waals surface area contributed by atoms with Gasteiger partial charge in [-0.25, -0.2) is 0 Å². The normalized spacial score (nSPS) is 26.0. The van der Waals surface area contributed by atoms with E-state index < -0.39 is 4.92 Å². The number of hydrogen-bond acceptors (Lipinski definition) is 5. The number of carbonyl (C=O) groups is 1. The molecular formula is C17H24N4O3. The third kappa shape index (κ3) is 3.42. The highest BCUT2D eigenvalue weighted by Gasteiger charge is 2.41. The van der Waals surface area contributed by atoms with Gasteiger partial charge >= 0.3 is 0 Å². The molecule has 2 aliphatic rings. The number of nitro benzene ring substituents is 1. The van der Waals surface area contributed by atoms with Gasteiger partial charge in [-0.05, 0) is 31.2 Å². The van der Waals surface area contributed by atoms with Crippen LogP contribution in [0.1, 0.15) is 31.7 Å². The minimum absolute atomic E-state index is 0.0163. The Balaban J connectivity index is 1.72. The number of nitrogens with one attached hydrogen (secondary N) is 2. The zero-order chi connectivity index (χ0) is 17.1. The molecule has 1 heterocycles. The number of non-ortho nitro benzene ring substituents is 1. The first-order valence-corrected chi connectivity index (χ1v) is 8.60. The second kappa shape index (κ2) is 7.27. The number of benzene rings is 1. The predicted molar refractivity (Wildman–Crippen MR) is 89.9 cm³/mol. The Labute approximate surface area is 141 Å². The van der Waals surface area contributed by atoms with Gasteiger partial charge in [-0.1, -0.05) is 18.6 Å². The van der Waals surface area contributed by atoms with Gasteiger partial charge in [0.1, 0.15) is 0 Å². The van der Waals surface area contributed by atoms with Crippen molar-refractivity contribution in [2.24, 2.45) is 11.8 Å². The predicted octanol–water partition coefficient (Wildman–Crippen LogP) is 1.84. The zero-order valence-corrected chi connectivity index (χ0v) is 13.9. The Morgan fingerprint density at radius 2 is 2.25 bits per heavy atom. The van der Waals surface area contributed by atoms with E-state index in [1.165, 1.54) is 6.07 Å². The minimum Gasteiger partial charge on any atom is -0.338 e. The van der Waals surface area contributed by atoms with Gasteiger partial charge in [0.25, 0.3) is 5.69 Å². The average Bonchev–Trinajstić information content (AvgIpc) is 3.08. The summed E-state index contributed by atoms with van der Waals surface area (Å²) in [5.41, 5.74) is 7.31. The molecule has 1 saturated heterocycles. The van der Waals surface area contributed by atoms with Gasteiger partial charge in [0.05, 0.1) is 10.8 Å². The quantitative estimate of drug-likeness (QED) is 0.634. The van der Waals surface area contributed by atoms with Crippen molar-refractivity contribution in [3.63, 3.8) is 0 Å². The van der Waals surface area contributed by atoms with Crippen LogP contribution < -0.4 is 10.9 Å². The molecule has 7 nitrogen and oxygen atoms in total. The van der Waals surface area contributed by atoms with Crippen LogP contribution in [-0.2, 0) is 11.3 Å². The Morgan fingerprint density at radius 1 is 1.42 bits per heavy atom. The van der Waals surface area contributed by atoms with Crippen LogP contribution in [0.2, 0.25) is 0 Å². The van der Waals surface area contributed by atoms with E-state index in [1.807, 2.05) is 17.9 Å². The number of rotatable bonds is 5. The number of carbonyl (C=O) groups excluding carboxylic acids is 1. The number of hydrogen-bond donors (Lipinski definition) is 2. The first-order chi connectivity index (χ1) is 11.6. The number of nitrogens with zero attached hydrogens (tertiary/aromatic N) is 2. The summed E-state index contributed by atoms with van der Waals surface area (Å²) in [7, 11) is 0. The van der Waals surface area contributed by atoms with Crippen molar-refractivity contribution in [1.29, 1.82) is 0 Å². The fourth-order valence-electron chi connectivity index (χ4n) is 3.89. The molecule has 0 bridgehead atoms. The van der Waals surface area contributed by atoms with Gasteiger partial charge in [-0.2, -0.15) is 0 Å². The van der Waals surface area contributed by atoms with Gasteiger partial charge < -0.3 is 4.90 Å². The van der Waals surface area contributed by atoms with Crippen LogP contribution in [0.5, 0.6) is 0 Å². The van der Waals surface area contributed by atoms with Crippen molar-refractivity contribution in [3.8, 4) is 0 Å². The summed E-state index contributed by atoms with van der Waals surface area (Å²) in [6, 6.07) is 6.73. The maximum absolute atomic E-state index is 13.0. The fraction of sp³-hybridized carbons (Fsp3) is 0.588. The summed E-state index contributed by atoms with van der Waals surface area (Å²) >= 11 is 0. The molecule has 1 aromatic carbocycles. The van der Waals surface area contributed by atoms with Crippen LogP contribution in [0.4, 0.5) is 5.69 Å². The Hall–Kier alpha value is -1.99. The van der Waals surface area contributed by atoms with Crippen molar-refractivity contribution in [1.82, 2.24) is 15.8 Å². The number of fused-ring (bicyclic) bond motifs is 1. The largest absolute Gasteiger partial charge is 0.338 e. The molecule has 1 aliphatic carbocycles. The molecule has 130 valence electrons. The van der Waals surface area contributed by atoms with Crippen LogP contribution >= 0.6 is 0 Å². The SMILES string of the molecule is CCN(Cc1cccc([N+](=O)[O-])c1)C(=O)C1CCCC2CNNC21. The van der Waals surface area contributed by atoms with E-state index in [2.05, 4.69) is 10.9 Å². The third-order valence-electron chi connectivity index (χ3n) is 5.17. The lowest BCUT2D eigenvalue weighted by Crippen LogP contribution is -2.48. The van der Waals surface area contributed by atoms with Crippen molar-refractivity contribution in [2.75, 3.05) is 13.1 Å². The second-order valence-electron chi connectivity index (χ2n) is 6.63. The monoisotopic (exact) mass is 332 g/mol. The molecule has 1 amide bonds. The summed E-state index contributed by atoms with van der Waals surface area (Å²) in [5, 5.41) is 10.9. The van der Waals surface area contributed by atoms with Crippen LogP contribution in [-0.4, -0.2) is 34.9 Å². The molecule has 2 fully saturated rings. The maximum atomic E-state index is 13.0. The van der Waals surface area contributed by atoms with E-state index in [0.717, 1.165) is 31.4 Å². The highest BCUT2D eigenvalue weighted by Crippen LogP contribution is 2.32. The van der Waals surface area contributed by atoms with E-state index in [0.29, 0.717) is 19.0 Å². The van der Waals surface area contributed by atoms with Crippen LogP contribution in [0.25, 0.3) is 0 Å². The first-order valence-electron chi connectivity index (χ1n) is 8.60. The summed E-state index contributed by atoms with van der Waals surface area (Å²) in [4.78, 5) is 25.4. The molecule has 7 heteroatoms. The Bertz CT molecular complexity index is 622. The molecule has 0 radical (unpaired) electrons. The minimum atomic E-state index is -0.401. The van der Waals surface area contributed by atoms with Gasteiger partial charge in [0, 0.05) is 37.8 Å². The molecule has 0 aromatic heterocycles. The smallest absolute Gasteiger partial charge is 0.269 e. The Kier molecular flexibility index (Phi) is 5.11. The maximum Gasteiger partial charge on any atom is 0.269 e. The van der Waals surface area contributed by atoms with Crippen molar-refractivity contribution >= 4 is 11.6 Å². The highest BCUT2D eigenvalue weighted by atomic mass is 16.6. The summed E-state index contributed by atoms with van der Waals surface area (Å²) < 4.78 is 0. The van der Waals surface area contributed by atoms with Crippen LogP contribution in [0.15, 0.2) is 24.3 Å². The summed E-state index contributed by atoms with van der Waals surface area (Å²) in [6.07, 6.45) is 3.14. The van der Waals surface area contributed by atoms with Gasteiger partial charge in [-0.15, -0.1) is 0 Å². The molecular weight excluding hydrogens is 308 g/mol. The lowest BCUT2D eigenvalue weighted by molar-refractivity contribution is -0.384. The van der Waals surface area contributed by atoms with Crippen molar-refractivity contribution in [3.05, 3.63) is 39.9 Å². The highest BCUT2D eigenvalue weighted by molar-refractivity contribution is 5.80. The lowest BCUT2D eigenvalue weighted by Gasteiger charge is -2.35. The topological polar surface area (TPSA) is 87.5 Å². The van der Waals surface area contributed by atoms with Gasteiger partial charge in [-0.3, -0.25) is 25.8 Å². The van der Waals surface area contributed by atoms with E-state index in [4.69, 9.17) is 0 Å². The van der Waals surface area contributed by atoms with E-state index >= 15 is 0 Å².